The molecule has 0 unspecified atom stereocenters. The number of para-hydroxylation sites is 1. The maximum absolute atomic E-state index is 6.48. The Morgan fingerprint density at radius 1 is 0.302 bits per heavy atom. The highest BCUT2D eigenvalue weighted by Crippen LogP contribution is 2.41. The summed E-state index contributed by atoms with van der Waals surface area (Å²) in [4.78, 5) is 15.6. The van der Waals surface area contributed by atoms with Crippen LogP contribution in [0.4, 0.5) is 0 Å². The molecule has 4 heteroatoms. The van der Waals surface area contributed by atoms with Crippen molar-refractivity contribution < 1.29 is 4.42 Å². The molecule has 0 N–H and O–H groups in total. The molecule has 0 aliphatic carbocycles. The van der Waals surface area contributed by atoms with Gasteiger partial charge in [0.2, 0.25) is 0 Å². The van der Waals surface area contributed by atoms with E-state index < -0.39 is 0 Å². The molecule has 0 saturated carbocycles. The summed E-state index contributed by atoms with van der Waals surface area (Å²) in [7, 11) is 0. The first-order valence-corrected chi connectivity index (χ1v) is 17.8. The molecule has 248 valence electrons. The summed E-state index contributed by atoms with van der Waals surface area (Å²) < 4.78 is 6.48. The highest BCUT2D eigenvalue weighted by Gasteiger charge is 2.20. The third kappa shape index (κ3) is 5.63. The fraction of sp³-hybridized carbons (Fsp3) is 0. The molecule has 0 saturated heterocycles. The van der Waals surface area contributed by atoms with Crippen LogP contribution < -0.4 is 0 Å². The SMILES string of the molecule is c1ccc(-c2cc(-c3nc(-c4ccccc4)nc(-c4ccc(-c5ccc6ccccc6c5)c(-c5ccccc5)c4)n3)c3c(c2)oc2ccccc23)cc1. The Labute approximate surface area is 306 Å². The lowest BCUT2D eigenvalue weighted by atomic mass is 9.91. The van der Waals surface area contributed by atoms with Crippen LogP contribution in [0.1, 0.15) is 0 Å². The maximum atomic E-state index is 6.48. The molecule has 0 fully saturated rings. The van der Waals surface area contributed by atoms with Crippen LogP contribution in [0.5, 0.6) is 0 Å². The smallest absolute Gasteiger partial charge is 0.164 e. The lowest BCUT2D eigenvalue weighted by Gasteiger charge is -2.15. The molecule has 53 heavy (non-hydrogen) atoms. The third-order valence-corrected chi connectivity index (χ3v) is 9.92. The zero-order chi connectivity index (χ0) is 35.1. The van der Waals surface area contributed by atoms with Crippen molar-refractivity contribution >= 4 is 32.7 Å². The minimum Gasteiger partial charge on any atom is -0.456 e. The van der Waals surface area contributed by atoms with Crippen molar-refractivity contribution in [3.63, 3.8) is 0 Å². The first kappa shape index (κ1) is 30.6. The fourth-order valence-electron chi connectivity index (χ4n) is 7.32. The Bertz CT molecular complexity index is 2940. The Morgan fingerprint density at radius 2 is 0.887 bits per heavy atom. The minimum atomic E-state index is 0.586. The Kier molecular flexibility index (Phi) is 7.43. The van der Waals surface area contributed by atoms with E-state index in [1.165, 1.54) is 10.8 Å². The van der Waals surface area contributed by atoms with Gasteiger partial charge in [0.1, 0.15) is 11.2 Å². The standard InChI is InChI=1S/C49H31N3O/c1-4-14-32(15-5-1)39-30-43(46-41-22-12-13-23-44(41)53-45(46)31-39)49-51-47(35-19-8-3-9-20-35)50-48(52-49)38-26-27-40(42(29-38)34-17-6-2-7-18-34)37-25-24-33-16-10-11-21-36(33)28-37/h1-31H. The van der Waals surface area contributed by atoms with E-state index in [0.717, 1.165) is 72.0 Å². The zero-order valence-corrected chi connectivity index (χ0v) is 28.6. The van der Waals surface area contributed by atoms with E-state index in [4.69, 9.17) is 19.4 Å². The van der Waals surface area contributed by atoms with Gasteiger partial charge in [-0.15, -0.1) is 0 Å². The van der Waals surface area contributed by atoms with Gasteiger partial charge in [0.05, 0.1) is 0 Å². The van der Waals surface area contributed by atoms with Gasteiger partial charge in [0.15, 0.2) is 17.5 Å². The van der Waals surface area contributed by atoms with Crippen molar-refractivity contribution in [3.8, 4) is 67.5 Å². The van der Waals surface area contributed by atoms with Gasteiger partial charge in [0, 0.05) is 27.5 Å². The Hall–Kier alpha value is -7.17. The number of hydrogen-bond donors (Lipinski definition) is 0. The fourth-order valence-corrected chi connectivity index (χ4v) is 7.32. The van der Waals surface area contributed by atoms with Crippen LogP contribution in [0.2, 0.25) is 0 Å². The molecular formula is C49H31N3O. The van der Waals surface area contributed by atoms with E-state index in [1.54, 1.807) is 0 Å². The van der Waals surface area contributed by atoms with E-state index in [1.807, 2.05) is 54.6 Å². The van der Waals surface area contributed by atoms with Gasteiger partial charge in [-0.2, -0.15) is 0 Å². The number of benzene rings is 8. The molecule has 0 aliphatic rings. The number of hydrogen-bond acceptors (Lipinski definition) is 4. The lowest BCUT2D eigenvalue weighted by molar-refractivity contribution is 0.669. The highest BCUT2D eigenvalue weighted by atomic mass is 16.3. The molecule has 2 aromatic heterocycles. The van der Waals surface area contributed by atoms with Crippen LogP contribution in [0.25, 0.3) is 100 Å². The van der Waals surface area contributed by atoms with Gasteiger partial charge in [-0.3, -0.25) is 0 Å². The number of aromatic nitrogens is 3. The van der Waals surface area contributed by atoms with Crippen LogP contribution >= 0.6 is 0 Å². The lowest BCUT2D eigenvalue weighted by Crippen LogP contribution is -2.01. The molecule has 0 atom stereocenters. The molecule has 2 heterocycles. The summed E-state index contributed by atoms with van der Waals surface area (Å²) in [6.07, 6.45) is 0. The second kappa shape index (κ2) is 12.9. The summed E-state index contributed by atoms with van der Waals surface area (Å²) in [6, 6.07) is 65.2. The summed E-state index contributed by atoms with van der Waals surface area (Å²) in [5.41, 5.74) is 11.0. The number of fused-ring (bicyclic) bond motifs is 4. The molecule has 8 aromatic carbocycles. The average molecular weight is 678 g/mol. The van der Waals surface area contributed by atoms with Crippen molar-refractivity contribution in [2.24, 2.45) is 0 Å². The number of rotatable bonds is 6. The predicted octanol–water partition coefficient (Wildman–Crippen LogP) is 12.9. The molecule has 10 aromatic rings. The topological polar surface area (TPSA) is 51.8 Å². The largest absolute Gasteiger partial charge is 0.456 e. The predicted molar refractivity (Wildman–Crippen MR) is 217 cm³/mol. The van der Waals surface area contributed by atoms with Crippen molar-refractivity contribution in [3.05, 3.63) is 188 Å². The summed E-state index contributed by atoms with van der Waals surface area (Å²) >= 11 is 0. The van der Waals surface area contributed by atoms with Crippen molar-refractivity contribution in [2.45, 2.75) is 0 Å². The maximum Gasteiger partial charge on any atom is 0.164 e. The molecule has 0 spiro atoms. The Morgan fingerprint density at radius 3 is 1.66 bits per heavy atom. The highest BCUT2D eigenvalue weighted by molar-refractivity contribution is 6.13. The molecule has 0 radical (unpaired) electrons. The molecule has 0 aliphatic heterocycles. The van der Waals surface area contributed by atoms with E-state index >= 15 is 0 Å². The molecular weight excluding hydrogens is 647 g/mol. The first-order valence-electron chi connectivity index (χ1n) is 17.8. The molecule has 4 nitrogen and oxygen atoms in total. The summed E-state index contributed by atoms with van der Waals surface area (Å²) in [6.45, 7) is 0. The van der Waals surface area contributed by atoms with Crippen LogP contribution in [-0.2, 0) is 0 Å². The molecule has 0 bridgehead atoms. The van der Waals surface area contributed by atoms with Gasteiger partial charge in [-0.1, -0.05) is 158 Å². The molecule has 10 rings (SSSR count). The number of nitrogens with zero attached hydrogens (tertiary/aromatic N) is 3. The van der Waals surface area contributed by atoms with Crippen molar-refractivity contribution in [1.82, 2.24) is 15.0 Å². The normalized spacial score (nSPS) is 11.4. The van der Waals surface area contributed by atoms with E-state index in [-0.39, 0.29) is 0 Å². The van der Waals surface area contributed by atoms with Crippen LogP contribution in [-0.4, -0.2) is 15.0 Å². The van der Waals surface area contributed by atoms with Gasteiger partial charge < -0.3 is 4.42 Å². The number of furan rings is 1. The summed E-state index contributed by atoms with van der Waals surface area (Å²) in [5.74, 6) is 1.79. The third-order valence-electron chi connectivity index (χ3n) is 9.92. The van der Waals surface area contributed by atoms with E-state index in [2.05, 4.69) is 133 Å². The second-order valence-corrected chi connectivity index (χ2v) is 13.2. The van der Waals surface area contributed by atoms with Crippen LogP contribution in [0.3, 0.4) is 0 Å². The van der Waals surface area contributed by atoms with Gasteiger partial charge in [0.25, 0.3) is 0 Å². The average Bonchev–Trinajstić information content (AvgIpc) is 3.62. The zero-order valence-electron chi connectivity index (χ0n) is 28.6. The summed E-state index contributed by atoms with van der Waals surface area (Å²) in [5, 5.41) is 4.43. The van der Waals surface area contributed by atoms with Gasteiger partial charge in [-0.05, 0) is 74.5 Å². The Balaban J connectivity index is 1.22. The quantitative estimate of drug-likeness (QED) is 0.176. The van der Waals surface area contributed by atoms with Crippen molar-refractivity contribution in [1.29, 1.82) is 0 Å². The first-order chi connectivity index (χ1) is 26.2. The van der Waals surface area contributed by atoms with Gasteiger partial charge >= 0.3 is 0 Å². The molecule has 0 amide bonds. The van der Waals surface area contributed by atoms with E-state index in [9.17, 15) is 0 Å². The van der Waals surface area contributed by atoms with Gasteiger partial charge in [-0.25, -0.2) is 15.0 Å². The monoisotopic (exact) mass is 677 g/mol. The van der Waals surface area contributed by atoms with Crippen LogP contribution in [0.15, 0.2) is 192 Å². The van der Waals surface area contributed by atoms with E-state index in [0.29, 0.717) is 17.5 Å². The van der Waals surface area contributed by atoms with Crippen LogP contribution in [0, 0.1) is 0 Å². The van der Waals surface area contributed by atoms with Crippen molar-refractivity contribution in [2.75, 3.05) is 0 Å². The minimum absolute atomic E-state index is 0.586. The second-order valence-electron chi connectivity index (χ2n) is 13.2.